The van der Waals surface area contributed by atoms with Gasteiger partial charge in [-0.05, 0) is 55.9 Å². The highest BCUT2D eigenvalue weighted by Gasteiger charge is 2.29. The fourth-order valence-electron chi connectivity index (χ4n) is 4.63. The van der Waals surface area contributed by atoms with Crippen LogP contribution in [0.4, 0.5) is 9.80 Å². The van der Waals surface area contributed by atoms with Crippen LogP contribution >= 0.6 is 11.3 Å². The lowest BCUT2D eigenvalue weighted by molar-refractivity contribution is -0.116. The number of hydrogen-bond donors (Lipinski definition) is 3. The Kier molecular flexibility index (Phi) is 8.14. The molecule has 0 bridgehead atoms. The third kappa shape index (κ3) is 6.12. The van der Waals surface area contributed by atoms with Crippen LogP contribution in [0.15, 0.2) is 30.5 Å². The summed E-state index contributed by atoms with van der Waals surface area (Å²) in [6.07, 6.45) is 2.99. The molecule has 0 spiro atoms. The second-order valence-corrected chi connectivity index (χ2v) is 10.4. The normalized spacial score (nSPS) is 16.1. The quantitative estimate of drug-likeness (QED) is 0.377. The van der Waals surface area contributed by atoms with E-state index in [1.165, 1.54) is 11.3 Å². The second-order valence-electron chi connectivity index (χ2n) is 9.31. The molecular formula is C27H31N5O4S. The highest BCUT2D eigenvalue weighted by atomic mass is 32.1. The Morgan fingerprint density at radius 2 is 2.16 bits per heavy atom. The number of nitriles is 1. The van der Waals surface area contributed by atoms with E-state index >= 15 is 0 Å². The minimum absolute atomic E-state index is 0.0141. The van der Waals surface area contributed by atoms with Gasteiger partial charge in [-0.3, -0.25) is 9.89 Å². The van der Waals surface area contributed by atoms with E-state index in [4.69, 9.17) is 9.47 Å². The molecule has 3 N–H and O–H groups in total. The number of nitrogens with one attached hydrogen (secondary N) is 3. The zero-order valence-corrected chi connectivity index (χ0v) is 22.2. The van der Waals surface area contributed by atoms with Crippen molar-refractivity contribution in [1.29, 1.82) is 5.26 Å². The van der Waals surface area contributed by atoms with Crippen molar-refractivity contribution < 1.29 is 19.1 Å². The number of aromatic amines is 1. The zero-order chi connectivity index (χ0) is 26.5. The summed E-state index contributed by atoms with van der Waals surface area (Å²) in [4.78, 5) is 26.3. The zero-order valence-electron chi connectivity index (χ0n) is 21.4. The first-order chi connectivity index (χ1) is 17.8. The summed E-state index contributed by atoms with van der Waals surface area (Å²) in [5.41, 5.74) is 4.18. The summed E-state index contributed by atoms with van der Waals surface area (Å²) in [6, 6.07) is 9.69. The number of ether oxygens (including phenoxy) is 2. The molecule has 2 heterocycles. The van der Waals surface area contributed by atoms with Crippen LogP contribution < -0.4 is 15.4 Å². The first-order valence-corrected chi connectivity index (χ1v) is 13.1. The number of aryl methyl sites for hydroxylation is 1. The molecule has 0 aliphatic heterocycles. The van der Waals surface area contributed by atoms with Crippen molar-refractivity contribution in [2.45, 2.75) is 64.5 Å². The minimum atomic E-state index is -0.487. The van der Waals surface area contributed by atoms with Crippen LogP contribution in [0.5, 0.6) is 5.75 Å². The topological polar surface area (TPSA) is 129 Å². The maximum absolute atomic E-state index is 12.8. The predicted octanol–water partition coefficient (Wildman–Crippen LogP) is 5.14. The van der Waals surface area contributed by atoms with Crippen LogP contribution in [-0.4, -0.2) is 35.4 Å². The molecule has 0 saturated carbocycles. The SMILES string of the molecule is COc1cccc(C(C)CC(=O)Nc2sc3c(c2C#N)CCC(OC(=O)NC(C)c2c[nH]nc2C)C3)c1. The van der Waals surface area contributed by atoms with E-state index in [2.05, 4.69) is 26.9 Å². The lowest BCUT2D eigenvalue weighted by atomic mass is 9.93. The first kappa shape index (κ1) is 26.2. The second kappa shape index (κ2) is 11.5. The molecule has 194 valence electrons. The summed E-state index contributed by atoms with van der Waals surface area (Å²) in [5, 5.41) is 23.0. The summed E-state index contributed by atoms with van der Waals surface area (Å²) in [7, 11) is 1.61. The van der Waals surface area contributed by atoms with Gasteiger partial charge < -0.3 is 20.1 Å². The molecule has 0 saturated heterocycles. The number of alkyl carbamates (subject to hydrolysis) is 1. The van der Waals surface area contributed by atoms with Crippen LogP contribution in [0.1, 0.15) is 71.5 Å². The lowest BCUT2D eigenvalue weighted by Gasteiger charge is -2.23. The molecule has 9 nitrogen and oxygen atoms in total. The van der Waals surface area contributed by atoms with E-state index in [-0.39, 0.29) is 30.4 Å². The molecule has 3 aromatic rings. The van der Waals surface area contributed by atoms with Crippen molar-refractivity contribution in [3.63, 3.8) is 0 Å². The van der Waals surface area contributed by atoms with Crippen molar-refractivity contribution in [2.24, 2.45) is 0 Å². The van der Waals surface area contributed by atoms with Gasteiger partial charge in [-0.1, -0.05) is 19.1 Å². The first-order valence-electron chi connectivity index (χ1n) is 12.2. The number of nitrogens with zero attached hydrogens (tertiary/aromatic N) is 2. The van der Waals surface area contributed by atoms with E-state index < -0.39 is 6.09 Å². The summed E-state index contributed by atoms with van der Waals surface area (Å²) >= 11 is 1.39. The number of benzene rings is 1. The summed E-state index contributed by atoms with van der Waals surface area (Å²) < 4.78 is 11.0. The number of hydrogen-bond acceptors (Lipinski definition) is 7. The third-order valence-corrected chi connectivity index (χ3v) is 7.85. The van der Waals surface area contributed by atoms with Gasteiger partial charge in [-0.2, -0.15) is 10.4 Å². The van der Waals surface area contributed by atoms with Crippen molar-refractivity contribution in [1.82, 2.24) is 15.5 Å². The average molecular weight is 522 g/mol. The fourth-order valence-corrected chi connectivity index (χ4v) is 5.91. The number of methoxy groups -OCH3 is 1. The average Bonchev–Trinajstić information content (AvgIpc) is 3.45. The van der Waals surface area contributed by atoms with Gasteiger partial charge >= 0.3 is 6.09 Å². The van der Waals surface area contributed by atoms with Crippen LogP contribution in [0, 0.1) is 18.3 Å². The van der Waals surface area contributed by atoms with Gasteiger partial charge in [0.15, 0.2) is 0 Å². The van der Waals surface area contributed by atoms with Gasteiger partial charge in [-0.15, -0.1) is 11.3 Å². The maximum atomic E-state index is 12.8. The largest absolute Gasteiger partial charge is 0.497 e. The van der Waals surface area contributed by atoms with Gasteiger partial charge in [0, 0.05) is 29.5 Å². The van der Waals surface area contributed by atoms with Crippen LogP contribution in [0.3, 0.4) is 0 Å². The van der Waals surface area contributed by atoms with E-state index in [0.717, 1.165) is 33.0 Å². The molecule has 4 rings (SSSR count). The van der Waals surface area contributed by atoms with Crippen LogP contribution in [0.2, 0.25) is 0 Å². The van der Waals surface area contributed by atoms with Crippen molar-refractivity contribution in [3.8, 4) is 11.8 Å². The smallest absolute Gasteiger partial charge is 0.407 e. The minimum Gasteiger partial charge on any atom is -0.497 e. The van der Waals surface area contributed by atoms with Crippen molar-refractivity contribution in [3.05, 3.63) is 63.3 Å². The van der Waals surface area contributed by atoms with Gasteiger partial charge in [0.05, 0.1) is 24.4 Å². The molecule has 37 heavy (non-hydrogen) atoms. The Balaban J connectivity index is 1.36. The summed E-state index contributed by atoms with van der Waals surface area (Å²) in [6.45, 7) is 5.73. The van der Waals surface area contributed by atoms with E-state index in [1.807, 2.05) is 45.0 Å². The maximum Gasteiger partial charge on any atom is 0.407 e. The van der Waals surface area contributed by atoms with Crippen molar-refractivity contribution in [2.75, 3.05) is 12.4 Å². The summed E-state index contributed by atoms with van der Waals surface area (Å²) in [5.74, 6) is 0.583. The Morgan fingerprint density at radius 1 is 1.35 bits per heavy atom. The molecule has 10 heteroatoms. The molecule has 3 atom stereocenters. The standard InChI is InChI=1S/C27H31N5O4S/c1-15(18-6-5-7-19(11-18)35-4)10-25(33)31-26-22(13-28)21-9-8-20(12-24(21)37-26)36-27(34)30-16(2)23-14-29-32-17(23)3/h5-7,11,14-16,20H,8-10,12H2,1-4H3,(H,29,32)(H,30,34)(H,31,33). The number of thiophene rings is 1. The Bertz CT molecular complexity index is 1320. The molecule has 0 radical (unpaired) electrons. The number of H-pyrrole nitrogens is 1. The van der Waals surface area contributed by atoms with Gasteiger partial charge in [0.25, 0.3) is 0 Å². The molecule has 0 fully saturated rings. The molecule has 1 aliphatic rings. The number of fused-ring (bicyclic) bond motifs is 1. The highest BCUT2D eigenvalue weighted by Crippen LogP contribution is 2.38. The third-order valence-electron chi connectivity index (χ3n) is 6.68. The number of carbonyl (C=O) groups excluding carboxylic acids is 2. The molecule has 1 aromatic carbocycles. The molecule has 1 aliphatic carbocycles. The number of rotatable bonds is 8. The molecule has 3 unspecified atom stereocenters. The van der Waals surface area contributed by atoms with Gasteiger partial charge in [-0.25, -0.2) is 4.79 Å². The Labute approximate surface area is 220 Å². The number of carbonyl (C=O) groups is 2. The van der Waals surface area contributed by atoms with E-state index in [1.54, 1.807) is 13.3 Å². The van der Waals surface area contributed by atoms with E-state index in [9.17, 15) is 14.9 Å². The van der Waals surface area contributed by atoms with Gasteiger partial charge in [0.1, 0.15) is 22.9 Å². The van der Waals surface area contributed by atoms with Crippen molar-refractivity contribution >= 4 is 28.3 Å². The van der Waals surface area contributed by atoms with Crippen LogP contribution in [0.25, 0.3) is 0 Å². The Morgan fingerprint density at radius 3 is 2.86 bits per heavy atom. The van der Waals surface area contributed by atoms with Crippen LogP contribution in [-0.2, 0) is 22.4 Å². The lowest BCUT2D eigenvalue weighted by Crippen LogP contribution is -2.33. The molecule has 2 aromatic heterocycles. The fraction of sp³-hybridized carbons (Fsp3) is 0.407. The van der Waals surface area contributed by atoms with Gasteiger partial charge in [0.2, 0.25) is 5.91 Å². The highest BCUT2D eigenvalue weighted by molar-refractivity contribution is 7.16. The molecular weight excluding hydrogens is 490 g/mol. The number of aromatic nitrogens is 2. The van der Waals surface area contributed by atoms with E-state index in [0.29, 0.717) is 29.8 Å². The number of anilines is 1. The monoisotopic (exact) mass is 521 g/mol. The molecule has 2 amide bonds. The Hall–Kier alpha value is -3.84. The number of amides is 2. The predicted molar refractivity (Wildman–Crippen MR) is 141 cm³/mol.